The lowest BCUT2D eigenvalue weighted by Gasteiger charge is -2.18. The fraction of sp³-hybridized carbons (Fsp3) is 0.250. The molecule has 0 saturated heterocycles. The molecule has 0 aliphatic carbocycles. The van der Waals surface area contributed by atoms with Crippen LogP contribution in [0.5, 0.6) is 11.5 Å². The van der Waals surface area contributed by atoms with Gasteiger partial charge in [0, 0.05) is 6.42 Å². The molecule has 0 aliphatic heterocycles. The predicted octanol–water partition coefficient (Wildman–Crippen LogP) is 3.77. The summed E-state index contributed by atoms with van der Waals surface area (Å²) >= 11 is 5.92. The monoisotopic (exact) mass is 310 g/mol. The van der Waals surface area contributed by atoms with Crippen molar-refractivity contribution in [1.82, 2.24) is 0 Å². The van der Waals surface area contributed by atoms with E-state index in [-0.39, 0.29) is 11.4 Å². The molecule has 0 bridgehead atoms. The van der Waals surface area contributed by atoms with Crippen molar-refractivity contribution < 1.29 is 19.0 Å². The largest absolute Gasteiger partial charge is 0.496 e. The molecule has 21 heavy (non-hydrogen) atoms. The molecule has 112 valence electrons. The first-order valence-electron chi connectivity index (χ1n) is 6.40. The third-order valence-electron chi connectivity index (χ3n) is 3.24. The molecule has 0 saturated carbocycles. The minimum absolute atomic E-state index is 0.0189. The van der Waals surface area contributed by atoms with Gasteiger partial charge in [0.05, 0.1) is 30.9 Å². The van der Waals surface area contributed by atoms with Crippen molar-refractivity contribution in [2.24, 2.45) is 0 Å². The Labute approximate surface area is 127 Å². The number of ether oxygens (including phenoxy) is 2. The Hall–Kier alpha value is -1.78. The highest BCUT2D eigenvalue weighted by molar-refractivity contribution is 6.31. The van der Waals surface area contributed by atoms with Crippen molar-refractivity contribution >= 4 is 11.6 Å². The molecule has 0 fully saturated rings. The van der Waals surface area contributed by atoms with E-state index in [0.29, 0.717) is 22.6 Å². The zero-order chi connectivity index (χ0) is 15.4. The molecular formula is C16H16ClFO3. The summed E-state index contributed by atoms with van der Waals surface area (Å²) in [5.41, 5.74) is 1.04. The number of hydrogen-bond donors (Lipinski definition) is 1. The molecule has 0 amide bonds. The lowest BCUT2D eigenvalue weighted by molar-refractivity contribution is 0.169. The summed E-state index contributed by atoms with van der Waals surface area (Å²) in [6, 6.07) is 9.74. The molecule has 1 N–H and O–H groups in total. The zero-order valence-corrected chi connectivity index (χ0v) is 12.5. The molecule has 0 aromatic heterocycles. The number of benzene rings is 2. The smallest absolute Gasteiger partial charge is 0.142 e. The van der Waals surface area contributed by atoms with Crippen LogP contribution in [0.15, 0.2) is 36.4 Å². The maximum absolute atomic E-state index is 13.5. The summed E-state index contributed by atoms with van der Waals surface area (Å²) in [5.74, 6) is 0.511. The number of hydrogen-bond acceptors (Lipinski definition) is 3. The van der Waals surface area contributed by atoms with E-state index >= 15 is 0 Å². The molecule has 0 spiro atoms. The average molecular weight is 311 g/mol. The van der Waals surface area contributed by atoms with Crippen LogP contribution in [0.2, 0.25) is 5.02 Å². The quantitative estimate of drug-likeness (QED) is 0.913. The molecule has 1 unspecified atom stereocenters. The average Bonchev–Trinajstić information content (AvgIpc) is 2.50. The van der Waals surface area contributed by atoms with Crippen LogP contribution in [0.1, 0.15) is 17.2 Å². The van der Waals surface area contributed by atoms with Gasteiger partial charge < -0.3 is 14.6 Å². The van der Waals surface area contributed by atoms with E-state index in [1.54, 1.807) is 30.3 Å². The summed E-state index contributed by atoms with van der Waals surface area (Å²) in [4.78, 5) is 0. The maximum atomic E-state index is 13.5. The molecule has 5 heteroatoms. The van der Waals surface area contributed by atoms with Gasteiger partial charge >= 0.3 is 0 Å². The zero-order valence-electron chi connectivity index (χ0n) is 11.8. The second-order valence-corrected chi connectivity index (χ2v) is 4.89. The van der Waals surface area contributed by atoms with Gasteiger partial charge in [0.25, 0.3) is 0 Å². The Bertz CT molecular complexity index is 609. The normalized spacial score (nSPS) is 12.0. The highest BCUT2D eigenvalue weighted by Gasteiger charge is 2.20. The van der Waals surface area contributed by atoms with Crippen LogP contribution in [0, 0.1) is 5.82 Å². The maximum Gasteiger partial charge on any atom is 0.142 e. The molecular weight excluding hydrogens is 295 g/mol. The Kier molecular flexibility index (Phi) is 5.04. The number of halogens is 2. The SMILES string of the molecule is COc1cccc(OC)c1C(O)Cc1cccc(F)c1Cl. The van der Waals surface area contributed by atoms with E-state index in [9.17, 15) is 9.50 Å². The van der Waals surface area contributed by atoms with Gasteiger partial charge in [-0.3, -0.25) is 0 Å². The number of rotatable bonds is 5. The van der Waals surface area contributed by atoms with Crippen molar-refractivity contribution in [3.05, 3.63) is 58.4 Å². The van der Waals surface area contributed by atoms with Crippen LogP contribution in [-0.4, -0.2) is 19.3 Å². The predicted molar refractivity (Wildman–Crippen MR) is 79.6 cm³/mol. The highest BCUT2D eigenvalue weighted by Crippen LogP contribution is 2.36. The molecule has 0 aliphatic rings. The van der Waals surface area contributed by atoms with E-state index in [2.05, 4.69) is 0 Å². The van der Waals surface area contributed by atoms with Crippen molar-refractivity contribution in [3.63, 3.8) is 0 Å². The second kappa shape index (κ2) is 6.78. The summed E-state index contributed by atoms with van der Waals surface area (Å²) in [6.07, 6.45) is -0.761. The first-order valence-corrected chi connectivity index (χ1v) is 6.78. The van der Waals surface area contributed by atoms with E-state index in [1.165, 1.54) is 20.3 Å². The topological polar surface area (TPSA) is 38.7 Å². The number of aliphatic hydroxyl groups excluding tert-OH is 1. The van der Waals surface area contributed by atoms with Crippen molar-refractivity contribution in [2.75, 3.05) is 14.2 Å². The van der Waals surface area contributed by atoms with Gasteiger partial charge in [-0.25, -0.2) is 4.39 Å². The van der Waals surface area contributed by atoms with Gasteiger partial charge in [0.15, 0.2) is 0 Å². The highest BCUT2D eigenvalue weighted by atomic mass is 35.5. The van der Waals surface area contributed by atoms with Crippen LogP contribution in [-0.2, 0) is 6.42 Å². The molecule has 0 heterocycles. The number of aliphatic hydroxyl groups is 1. The van der Waals surface area contributed by atoms with Gasteiger partial charge in [-0.2, -0.15) is 0 Å². The standard InChI is InChI=1S/C16H16ClFO3/c1-20-13-7-4-8-14(21-2)15(13)12(19)9-10-5-3-6-11(18)16(10)17/h3-8,12,19H,9H2,1-2H3. The molecule has 2 rings (SSSR count). The lowest BCUT2D eigenvalue weighted by atomic mass is 9.99. The Morgan fingerprint density at radius 1 is 1.10 bits per heavy atom. The third kappa shape index (κ3) is 3.28. The summed E-state index contributed by atoms with van der Waals surface area (Å²) in [6.45, 7) is 0. The molecule has 1 atom stereocenters. The van der Waals surface area contributed by atoms with Crippen molar-refractivity contribution in [3.8, 4) is 11.5 Å². The van der Waals surface area contributed by atoms with E-state index in [4.69, 9.17) is 21.1 Å². The van der Waals surface area contributed by atoms with Crippen LogP contribution >= 0.6 is 11.6 Å². The minimum Gasteiger partial charge on any atom is -0.496 e. The van der Waals surface area contributed by atoms with Crippen LogP contribution in [0.4, 0.5) is 4.39 Å². The first-order chi connectivity index (χ1) is 10.1. The summed E-state index contributed by atoms with van der Waals surface area (Å²) < 4.78 is 24.0. The van der Waals surface area contributed by atoms with E-state index in [0.717, 1.165) is 0 Å². The molecule has 2 aromatic carbocycles. The van der Waals surface area contributed by atoms with Crippen molar-refractivity contribution in [1.29, 1.82) is 0 Å². The molecule has 0 radical (unpaired) electrons. The van der Waals surface area contributed by atoms with Crippen LogP contribution in [0.25, 0.3) is 0 Å². The first kappa shape index (κ1) is 15.6. The third-order valence-corrected chi connectivity index (χ3v) is 3.67. The van der Waals surface area contributed by atoms with Crippen LogP contribution in [0.3, 0.4) is 0 Å². The lowest BCUT2D eigenvalue weighted by Crippen LogP contribution is -2.07. The van der Waals surface area contributed by atoms with E-state index in [1.807, 2.05) is 0 Å². The van der Waals surface area contributed by atoms with Gasteiger partial charge in [-0.15, -0.1) is 0 Å². The van der Waals surface area contributed by atoms with Crippen molar-refractivity contribution in [2.45, 2.75) is 12.5 Å². The van der Waals surface area contributed by atoms with Gasteiger partial charge in [0.1, 0.15) is 17.3 Å². The second-order valence-electron chi connectivity index (χ2n) is 4.51. The Balaban J connectivity index is 2.36. The van der Waals surface area contributed by atoms with E-state index < -0.39 is 11.9 Å². The fourth-order valence-corrected chi connectivity index (χ4v) is 2.43. The molecule has 3 nitrogen and oxygen atoms in total. The Morgan fingerprint density at radius 2 is 1.67 bits per heavy atom. The van der Waals surface area contributed by atoms with Gasteiger partial charge in [0.2, 0.25) is 0 Å². The number of methoxy groups -OCH3 is 2. The summed E-state index contributed by atoms with van der Waals surface area (Å²) in [5, 5.41) is 10.5. The fourth-order valence-electron chi connectivity index (χ4n) is 2.22. The van der Waals surface area contributed by atoms with Gasteiger partial charge in [-0.05, 0) is 23.8 Å². The summed E-state index contributed by atoms with van der Waals surface area (Å²) in [7, 11) is 3.03. The minimum atomic E-state index is -0.921. The Morgan fingerprint density at radius 3 is 2.24 bits per heavy atom. The molecule has 2 aromatic rings. The van der Waals surface area contributed by atoms with Crippen LogP contribution < -0.4 is 9.47 Å². The van der Waals surface area contributed by atoms with Gasteiger partial charge in [-0.1, -0.05) is 29.8 Å².